The second-order valence-corrected chi connectivity index (χ2v) is 8.88. The molecule has 3 aromatic heterocycles. The smallest absolute Gasteiger partial charge is 0.407 e. The Bertz CT molecular complexity index is 1180. The summed E-state index contributed by atoms with van der Waals surface area (Å²) in [5, 5.41) is 16.9. The van der Waals surface area contributed by atoms with Crippen molar-refractivity contribution in [3.63, 3.8) is 0 Å². The molecule has 3 N–H and O–H groups in total. The highest BCUT2D eigenvalue weighted by molar-refractivity contribution is 5.73. The summed E-state index contributed by atoms with van der Waals surface area (Å²) in [6.07, 6.45) is 0.353. The maximum Gasteiger partial charge on any atom is 0.407 e. The van der Waals surface area contributed by atoms with Gasteiger partial charge in [-0.1, -0.05) is 0 Å². The first-order chi connectivity index (χ1) is 16.3. The molecule has 3 atom stereocenters. The Morgan fingerprint density at radius 1 is 1.35 bits per heavy atom. The first-order valence-electron chi connectivity index (χ1n) is 11.0. The number of anilines is 2. The maximum absolute atomic E-state index is 15.1. The van der Waals surface area contributed by atoms with E-state index in [2.05, 4.69) is 30.9 Å². The minimum Gasteiger partial charge on any atom is -0.471 e. The number of aromatic amines is 1. The van der Waals surface area contributed by atoms with Gasteiger partial charge in [-0.05, 0) is 32.6 Å². The Morgan fingerprint density at radius 2 is 2.18 bits per heavy atom. The van der Waals surface area contributed by atoms with Gasteiger partial charge in [0.25, 0.3) is 6.43 Å². The lowest BCUT2D eigenvalue weighted by atomic mass is 10.0. The van der Waals surface area contributed by atoms with E-state index >= 15 is 4.39 Å². The van der Waals surface area contributed by atoms with Gasteiger partial charge < -0.3 is 20.1 Å². The van der Waals surface area contributed by atoms with Crippen LogP contribution in [0.25, 0.3) is 5.52 Å². The average molecular weight is 479 g/mol. The fraction of sp³-hybridized carbons (Fsp3) is 0.524. The normalized spacial score (nSPS) is 23.3. The van der Waals surface area contributed by atoms with E-state index in [1.165, 1.54) is 16.8 Å². The van der Waals surface area contributed by atoms with E-state index in [4.69, 9.17) is 9.47 Å². The number of aromatic nitrogens is 5. The van der Waals surface area contributed by atoms with Gasteiger partial charge in [-0.25, -0.2) is 27.5 Å². The molecule has 0 radical (unpaired) electrons. The summed E-state index contributed by atoms with van der Waals surface area (Å²) in [5.41, 5.74) is 0.828. The van der Waals surface area contributed by atoms with Crippen LogP contribution in [0.4, 0.5) is 29.6 Å². The van der Waals surface area contributed by atoms with Crippen molar-refractivity contribution in [2.45, 2.75) is 62.8 Å². The Hall–Kier alpha value is -3.51. The highest BCUT2D eigenvalue weighted by Gasteiger charge is 2.43. The molecule has 10 nitrogen and oxygen atoms in total. The molecule has 0 aromatic carbocycles. The van der Waals surface area contributed by atoms with Crippen molar-refractivity contribution >= 4 is 23.2 Å². The number of hydrogen-bond acceptors (Lipinski definition) is 7. The molecule has 34 heavy (non-hydrogen) atoms. The largest absolute Gasteiger partial charge is 0.471 e. The molecule has 3 aromatic rings. The van der Waals surface area contributed by atoms with Crippen LogP contribution in [0.3, 0.4) is 0 Å². The second kappa shape index (κ2) is 8.69. The predicted octanol–water partition coefficient (Wildman–Crippen LogP) is 3.70. The zero-order valence-electron chi connectivity index (χ0n) is 18.3. The standard InChI is InChI=1S/C21H24F3N7O3/c1-21(4-5-21)27-20(32)34-14-3-2-11(18(14)24)12-8-16(29-28-12)26-19-13-9-17(33-10-15(22)23)30-31(13)7-6-25-19/h6-9,11,14-15,18H,2-5,10H2,1H3,(H,27,32)(H2,25,26,28,29)/t11-,14-,18-/m0/s1. The van der Waals surface area contributed by atoms with E-state index in [9.17, 15) is 13.6 Å². The lowest BCUT2D eigenvalue weighted by molar-refractivity contribution is 0.0546. The quantitative estimate of drug-likeness (QED) is 0.451. The molecule has 2 aliphatic carbocycles. The number of fused-ring (bicyclic) bond motifs is 1. The molecule has 0 spiro atoms. The van der Waals surface area contributed by atoms with Crippen LogP contribution >= 0.6 is 0 Å². The van der Waals surface area contributed by atoms with Crippen molar-refractivity contribution in [3.8, 4) is 5.88 Å². The molecule has 1 amide bonds. The Kier molecular flexibility index (Phi) is 5.70. The second-order valence-electron chi connectivity index (χ2n) is 8.88. The van der Waals surface area contributed by atoms with Gasteiger partial charge in [-0.3, -0.25) is 5.10 Å². The van der Waals surface area contributed by atoms with Crippen LogP contribution in [0.2, 0.25) is 0 Å². The maximum atomic E-state index is 15.1. The van der Waals surface area contributed by atoms with Crippen molar-refractivity contribution < 1.29 is 27.4 Å². The minimum atomic E-state index is -2.61. The monoisotopic (exact) mass is 479 g/mol. The molecule has 0 saturated heterocycles. The van der Waals surface area contributed by atoms with Crippen LogP contribution in [0.15, 0.2) is 24.5 Å². The fourth-order valence-corrected chi connectivity index (χ4v) is 4.02. The number of alkyl halides is 3. The van der Waals surface area contributed by atoms with Crippen LogP contribution in [-0.2, 0) is 4.74 Å². The van der Waals surface area contributed by atoms with Gasteiger partial charge in [0.1, 0.15) is 17.8 Å². The summed E-state index contributed by atoms with van der Waals surface area (Å²) in [6.45, 7) is 1.16. The molecule has 2 fully saturated rings. The summed E-state index contributed by atoms with van der Waals surface area (Å²) in [5.74, 6) is 0.305. The number of alkyl carbamates (subject to hydrolysis) is 1. The molecular formula is C21H24F3N7O3. The van der Waals surface area contributed by atoms with Crippen molar-refractivity contribution in [1.82, 2.24) is 30.1 Å². The molecule has 2 saturated carbocycles. The molecule has 182 valence electrons. The third-order valence-electron chi connectivity index (χ3n) is 6.13. The Balaban J connectivity index is 1.24. The van der Waals surface area contributed by atoms with Gasteiger partial charge in [0.15, 0.2) is 18.2 Å². The first-order valence-corrected chi connectivity index (χ1v) is 11.0. The topological polar surface area (TPSA) is 118 Å². The van der Waals surface area contributed by atoms with Crippen LogP contribution in [0.5, 0.6) is 5.88 Å². The van der Waals surface area contributed by atoms with E-state index < -0.39 is 37.3 Å². The number of H-pyrrole nitrogens is 1. The number of rotatable bonds is 8. The van der Waals surface area contributed by atoms with E-state index in [1.807, 2.05) is 6.92 Å². The molecule has 0 aliphatic heterocycles. The summed E-state index contributed by atoms with van der Waals surface area (Å²) in [7, 11) is 0. The average Bonchev–Trinajstić information content (AvgIpc) is 3.15. The molecule has 5 rings (SSSR count). The van der Waals surface area contributed by atoms with E-state index in [0.717, 1.165) is 12.8 Å². The van der Waals surface area contributed by atoms with Gasteiger partial charge in [-0.2, -0.15) is 5.10 Å². The first kappa shape index (κ1) is 22.3. The number of halogens is 3. The van der Waals surface area contributed by atoms with E-state index in [-0.39, 0.29) is 11.4 Å². The van der Waals surface area contributed by atoms with Crippen LogP contribution < -0.4 is 15.4 Å². The van der Waals surface area contributed by atoms with Crippen LogP contribution in [0.1, 0.15) is 44.2 Å². The third kappa shape index (κ3) is 4.73. The van der Waals surface area contributed by atoms with Gasteiger partial charge in [-0.15, -0.1) is 5.10 Å². The number of carbonyl (C=O) groups is 1. The number of nitrogens with zero attached hydrogens (tertiary/aromatic N) is 4. The highest BCUT2D eigenvalue weighted by Crippen LogP contribution is 2.39. The zero-order valence-corrected chi connectivity index (χ0v) is 18.3. The van der Waals surface area contributed by atoms with Crippen molar-refractivity contribution in [2.24, 2.45) is 0 Å². The van der Waals surface area contributed by atoms with Crippen molar-refractivity contribution in [3.05, 3.63) is 30.2 Å². The number of ether oxygens (including phenoxy) is 2. The Morgan fingerprint density at radius 3 is 2.94 bits per heavy atom. The number of carbonyl (C=O) groups excluding carboxylic acids is 1. The van der Waals surface area contributed by atoms with Crippen LogP contribution in [0, 0.1) is 0 Å². The highest BCUT2D eigenvalue weighted by atomic mass is 19.3. The van der Waals surface area contributed by atoms with Crippen molar-refractivity contribution in [1.29, 1.82) is 0 Å². The molecule has 13 heteroatoms. The number of amides is 1. The summed E-state index contributed by atoms with van der Waals surface area (Å²) in [4.78, 5) is 16.3. The number of nitrogens with one attached hydrogen (secondary N) is 3. The zero-order chi connectivity index (χ0) is 23.9. The molecule has 0 unspecified atom stereocenters. The number of hydrogen-bond donors (Lipinski definition) is 3. The summed E-state index contributed by atoms with van der Waals surface area (Å²) >= 11 is 0. The third-order valence-corrected chi connectivity index (χ3v) is 6.13. The lowest BCUT2D eigenvalue weighted by Crippen LogP contribution is -2.38. The molecule has 0 bridgehead atoms. The van der Waals surface area contributed by atoms with Gasteiger partial charge in [0, 0.05) is 41.7 Å². The van der Waals surface area contributed by atoms with Crippen LogP contribution in [-0.4, -0.2) is 61.7 Å². The minimum absolute atomic E-state index is 0.0380. The fourth-order valence-electron chi connectivity index (χ4n) is 4.02. The SMILES string of the molecule is CC1(NC(=O)O[C@H]2CC[C@@H](c3cc(Nc4nccn5nc(OCC(F)F)cc45)n[nH]3)[C@@H]2F)CC1. The van der Waals surface area contributed by atoms with Crippen molar-refractivity contribution in [2.75, 3.05) is 11.9 Å². The molecule has 3 heterocycles. The lowest BCUT2D eigenvalue weighted by Gasteiger charge is -2.19. The molecular weight excluding hydrogens is 455 g/mol. The van der Waals surface area contributed by atoms with Gasteiger partial charge in [0.2, 0.25) is 5.88 Å². The summed E-state index contributed by atoms with van der Waals surface area (Å²) < 4.78 is 51.6. The van der Waals surface area contributed by atoms with Gasteiger partial charge in [0.05, 0.1) is 0 Å². The van der Waals surface area contributed by atoms with Gasteiger partial charge >= 0.3 is 6.09 Å². The predicted molar refractivity (Wildman–Crippen MR) is 114 cm³/mol. The van der Waals surface area contributed by atoms with E-state index in [1.54, 1.807) is 12.3 Å². The van der Waals surface area contributed by atoms with E-state index in [0.29, 0.717) is 35.7 Å². The summed E-state index contributed by atoms with van der Waals surface area (Å²) in [6, 6.07) is 3.15. The molecule has 2 aliphatic rings. The Labute approximate surface area is 192 Å².